The van der Waals surface area contributed by atoms with E-state index < -0.39 is 0 Å². The molecular weight excluding hydrogens is 440 g/mol. The lowest BCUT2D eigenvalue weighted by Crippen LogP contribution is -2.40. The number of benzene rings is 1. The lowest BCUT2D eigenvalue weighted by molar-refractivity contribution is -0.00777. The van der Waals surface area contributed by atoms with Crippen LogP contribution < -0.4 is 9.47 Å². The molecule has 7 nitrogen and oxygen atoms in total. The van der Waals surface area contributed by atoms with Gasteiger partial charge in [0.2, 0.25) is 5.88 Å². The van der Waals surface area contributed by atoms with Crippen molar-refractivity contribution >= 4 is 0 Å². The van der Waals surface area contributed by atoms with Crippen molar-refractivity contribution in [3.63, 3.8) is 0 Å². The maximum absolute atomic E-state index is 9.74. The Morgan fingerprint density at radius 2 is 1.74 bits per heavy atom. The lowest BCUT2D eigenvalue weighted by atomic mass is 9.97. The summed E-state index contributed by atoms with van der Waals surface area (Å²) in [5.74, 6) is 2.05. The standard InChI is InChI=1S/C28H42N4O3/c1-4-5-6-27-26(19-28(30-29-27)35-25-13-15-31(3)16-14-25)23-7-9-24(10-8-23)34-20-22-11-17-32(18-12-22)21(2)33/h7-10,19,21-22,25,33H,4-6,11-18,20H2,1-3H3. The first-order valence-corrected chi connectivity index (χ1v) is 13.4. The molecule has 3 heterocycles. The fourth-order valence-electron chi connectivity index (χ4n) is 4.95. The van der Waals surface area contributed by atoms with Crippen molar-refractivity contribution in [1.82, 2.24) is 20.0 Å². The molecule has 0 amide bonds. The number of aliphatic hydroxyl groups is 1. The molecule has 2 fully saturated rings. The molecule has 192 valence electrons. The van der Waals surface area contributed by atoms with Gasteiger partial charge in [0.15, 0.2) is 0 Å². The molecular formula is C28H42N4O3. The second-order valence-corrected chi connectivity index (χ2v) is 10.2. The summed E-state index contributed by atoms with van der Waals surface area (Å²) < 4.78 is 12.4. The van der Waals surface area contributed by atoms with Crippen molar-refractivity contribution in [3.8, 4) is 22.8 Å². The van der Waals surface area contributed by atoms with Gasteiger partial charge < -0.3 is 19.5 Å². The molecule has 7 heteroatoms. The van der Waals surface area contributed by atoms with Gasteiger partial charge in [0, 0.05) is 37.8 Å². The SMILES string of the molecule is CCCCc1nnc(OC2CCN(C)CC2)cc1-c1ccc(OCC2CCN(C(C)O)CC2)cc1. The summed E-state index contributed by atoms with van der Waals surface area (Å²) in [6.07, 6.45) is 7.15. The van der Waals surface area contributed by atoms with Gasteiger partial charge in [0.1, 0.15) is 18.1 Å². The molecule has 1 N–H and O–H groups in total. The number of hydrogen-bond acceptors (Lipinski definition) is 7. The number of nitrogens with zero attached hydrogens (tertiary/aromatic N) is 4. The van der Waals surface area contributed by atoms with E-state index in [9.17, 15) is 5.11 Å². The summed E-state index contributed by atoms with van der Waals surface area (Å²) in [7, 11) is 2.16. The van der Waals surface area contributed by atoms with E-state index in [-0.39, 0.29) is 12.3 Å². The maximum Gasteiger partial charge on any atom is 0.234 e. The molecule has 2 saturated heterocycles. The number of likely N-dealkylation sites (tertiary alicyclic amines) is 2. The molecule has 2 aromatic rings. The van der Waals surface area contributed by atoms with E-state index in [1.807, 2.05) is 6.92 Å². The first kappa shape index (κ1) is 25.9. The number of hydrogen-bond donors (Lipinski definition) is 1. The minimum absolute atomic E-state index is 0.207. The number of rotatable bonds is 10. The minimum atomic E-state index is -0.357. The van der Waals surface area contributed by atoms with Gasteiger partial charge >= 0.3 is 0 Å². The number of unbranched alkanes of at least 4 members (excludes halogenated alkanes) is 1. The molecule has 35 heavy (non-hydrogen) atoms. The first-order chi connectivity index (χ1) is 17.0. The molecule has 1 aromatic heterocycles. The molecule has 1 aromatic carbocycles. The Morgan fingerprint density at radius 3 is 2.40 bits per heavy atom. The van der Waals surface area contributed by atoms with Crippen molar-refractivity contribution in [2.24, 2.45) is 5.92 Å². The average Bonchev–Trinajstić information content (AvgIpc) is 2.88. The highest BCUT2D eigenvalue weighted by atomic mass is 16.5. The lowest BCUT2D eigenvalue weighted by Gasteiger charge is -2.33. The highest BCUT2D eigenvalue weighted by Gasteiger charge is 2.22. The predicted molar refractivity (Wildman–Crippen MR) is 139 cm³/mol. The van der Waals surface area contributed by atoms with Gasteiger partial charge in [-0.2, -0.15) is 5.10 Å². The third-order valence-electron chi connectivity index (χ3n) is 7.40. The second-order valence-electron chi connectivity index (χ2n) is 10.2. The normalized spacial score (nSPS) is 19.5. The van der Waals surface area contributed by atoms with Crippen LogP contribution in [0.3, 0.4) is 0 Å². The number of aromatic nitrogens is 2. The van der Waals surface area contributed by atoms with Crippen LogP contribution in [0.5, 0.6) is 11.6 Å². The van der Waals surface area contributed by atoms with Crippen LogP contribution in [0.2, 0.25) is 0 Å². The van der Waals surface area contributed by atoms with Gasteiger partial charge in [-0.1, -0.05) is 25.5 Å². The van der Waals surface area contributed by atoms with Crippen LogP contribution in [0.1, 0.15) is 58.1 Å². The molecule has 0 aliphatic carbocycles. The van der Waals surface area contributed by atoms with Gasteiger partial charge in [-0.15, -0.1) is 5.10 Å². The Balaban J connectivity index is 1.39. The summed E-state index contributed by atoms with van der Waals surface area (Å²) in [5.41, 5.74) is 3.26. The fourth-order valence-corrected chi connectivity index (χ4v) is 4.95. The summed E-state index contributed by atoms with van der Waals surface area (Å²) in [5, 5.41) is 18.7. The van der Waals surface area contributed by atoms with Gasteiger partial charge in [0.25, 0.3) is 0 Å². The van der Waals surface area contributed by atoms with E-state index in [2.05, 4.69) is 64.3 Å². The summed E-state index contributed by atoms with van der Waals surface area (Å²) in [4.78, 5) is 4.46. The number of piperidine rings is 2. The number of aliphatic hydroxyl groups excluding tert-OH is 1. The molecule has 0 spiro atoms. The van der Waals surface area contributed by atoms with Gasteiger partial charge in [-0.05, 0) is 76.1 Å². The Hall–Kier alpha value is -2.22. The van der Waals surface area contributed by atoms with Crippen LogP contribution in [0.15, 0.2) is 30.3 Å². The van der Waals surface area contributed by atoms with Crippen LogP contribution in [0, 0.1) is 5.92 Å². The Bertz CT molecular complexity index is 905. The third kappa shape index (κ3) is 7.38. The summed E-state index contributed by atoms with van der Waals surface area (Å²) >= 11 is 0. The van der Waals surface area contributed by atoms with Crippen molar-refractivity contribution in [3.05, 3.63) is 36.0 Å². The number of ether oxygens (including phenoxy) is 2. The molecule has 1 unspecified atom stereocenters. The van der Waals surface area contributed by atoms with Crippen molar-refractivity contribution < 1.29 is 14.6 Å². The zero-order valence-electron chi connectivity index (χ0n) is 21.7. The van der Waals surface area contributed by atoms with E-state index in [4.69, 9.17) is 9.47 Å². The Morgan fingerprint density at radius 1 is 1.03 bits per heavy atom. The summed E-state index contributed by atoms with van der Waals surface area (Å²) in [6, 6.07) is 10.4. The van der Waals surface area contributed by atoms with Gasteiger partial charge in [-0.3, -0.25) is 4.90 Å². The average molecular weight is 483 g/mol. The van der Waals surface area contributed by atoms with Crippen LogP contribution in [-0.4, -0.2) is 77.3 Å². The topological polar surface area (TPSA) is 71.0 Å². The zero-order chi connectivity index (χ0) is 24.6. The Kier molecular flexibility index (Phi) is 9.35. The van der Waals surface area contributed by atoms with E-state index in [0.717, 1.165) is 100 Å². The predicted octanol–water partition coefficient (Wildman–Crippen LogP) is 4.39. The molecule has 2 aliphatic rings. The quantitative estimate of drug-likeness (QED) is 0.539. The minimum Gasteiger partial charge on any atom is -0.493 e. The van der Waals surface area contributed by atoms with Gasteiger partial charge in [0.05, 0.1) is 12.3 Å². The highest BCUT2D eigenvalue weighted by molar-refractivity contribution is 5.67. The van der Waals surface area contributed by atoms with E-state index in [0.29, 0.717) is 11.8 Å². The van der Waals surface area contributed by atoms with E-state index in [1.54, 1.807) is 0 Å². The van der Waals surface area contributed by atoms with Crippen molar-refractivity contribution in [2.75, 3.05) is 39.8 Å². The van der Waals surface area contributed by atoms with Crippen molar-refractivity contribution in [1.29, 1.82) is 0 Å². The first-order valence-electron chi connectivity index (χ1n) is 13.4. The largest absolute Gasteiger partial charge is 0.493 e. The van der Waals surface area contributed by atoms with Crippen LogP contribution in [-0.2, 0) is 6.42 Å². The molecule has 0 bridgehead atoms. The smallest absolute Gasteiger partial charge is 0.234 e. The second kappa shape index (κ2) is 12.7. The molecule has 4 rings (SSSR count). The van der Waals surface area contributed by atoms with E-state index in [1.165, 1.54) is 0 Å². The van der Waals surface area contributed by atoms with Crippen LogP contribution >= 0.6 is 0 Å². The molecule has 0 radical (unpaired) electrons. The maximum atomic E-state index is 9.74. The fraction of sp³-hybridized carbons (Fsp3) is 0.643. The zero-order valence-corrected chi connectivity index (χ0v) is 21.7. The number of aryl methyl sites for hydroxylation is 1. The Labute approximate surface area is 210 Å². The van der Waals surface area contributed by atoms with Crippen LogP contribution in [0.25, 0.3) is 11.1 Å². The third-order valence-corrected chi connectivity index (χ3v) is 7.40. The monoisotopic (exact) mass is 482 g/mol. The van der Waals surface area contributed by atoms with Gasteiger partial charge in [-0.25, -0.2) is 0 Å². The molecule has 0 saturated carbocycles. The summed E-state index contributed by atoms with van der Waals surface area (Å²) in [6.45, 7) is 8.74. The van der Waals surface area contributed by atoms with Crippen LogP contribution in [0.4, 0.5) is 0 Å². The van der Waals surface area contributed by atoms with Crippen molar-refractivity contribution in [2.45, 2.75) is 71.1 Å². The van der Waals surface area contributed by atoms with E-state index >= 15 is 0 Å². The molecule has 2 aliphatic heterocycles. The molecule has 1 atom stereocenters. The highest BCUT2D eigenvalue weighted by Crippen LogP contribution is 2.29.